The van der Waals surface area contributed by atoms with E-state index in [4.69, 9.17) is 18.9 Å². The second-order valence-corrected chi connectivity index (χ2v) is 13.1. The molecule has 4 aromatic rings. The van der Waals surface area contributed by atoms with E-state index in [1.54, 1.807) is 14.2 Å². The largest absolute Gasteiger partial charge is 0.481 e. The van der Waals surface area contributed by atoms with Gasteiger partial charge >= 0.3 is 5.97 Å². The highest BCUT2D eigenvalue weighted by Gasteiger charge is 2.34. The zero-order valence-corrected chi connectivity index (χ0v) is 29.4. The first-order chi connectivity index (χ1) is 23.2. The number of carboxylic acid groups (broad SMARTS) is 1. The molecule has 2 aromatic heterocycles. The van der Waals surface area contributed by atoms with Gasteiger partial charge in [0.1, 0.15) is 19.3 Å². The topological polar surface area (TPSA) is 106 Å². The van der Waals surface area contributed by atoms with Crippen LogP contribution in [-0.2, 0) is 31.1 Å². The Morgan fingerprint density at radius 2 is 1.46 bits per heavy atom. The summed E-state index contributed by atoms with van der Waals surface area (Å²) in [7, 11) is 3.21. The Morgan fingerprint density at radius 1 is 0.812 bits per heavy atom. The maximum Gasteiger partial charge on any atom is 0.320 e. The van der Waals surface area contributed by atoms with Crippen molar-refractivity contribution in [1.82, 2.24) is 19.8 Å². The van der Waals surface area contributed by atoms with Crippen LogP contribution < -0.4 is 18.9 Å². The van der Waals surface area contributed by atoms with E-state index in [2.05, 4.69) is 75.0 Å². The van der Waals surface area contributed by atoms with Crippen LogP contribution >= 0.6 is 15.9 Å². The lowest BCUT2D eigenvalue weighted by molar-refractivity contribution is -0.148. The van der Waals surface area contributed by atoms with E-state index in [0.717, 1.165) is 75.2 Å². The minimum Gasteiger partial charge on any atom is -0.481 e. The number of likely N-dealkylation sites (tertiary alicyclic amines) is 2. The molecule has 2 saturated heterocycles. The highest BCUT2D eigenvalue weighted by Crippen LogP contribution is 2.34. The van der Waals surface area contributed by atoms with Crippen LogP contribution in [0, 0.1) is 13.8 Å². The predicted molar refractivity (Wildman–Crippen MR) is 186 cm³/mol. The number of aromatic nitrogens is 2. The van der Waals surface area contributed by atoms with E-state index < -0.39 is 12.0 Å². The summed E-state index contributed by atoms with van der Waals surface area (Å²) in [4.78, 5) is 24.9. The third kappa shape index (κ3) is 7.28. The first-order valence-electron chi connectivity index (χ1n) is 16.1. The standard InChI is InChI=1S/C37H41BrN4O6/c1-23-26(21-47-33-13-12-25(34(39-33)45-3)20-42-17-14-32(42)37(43)44)8-5-10-29(23)30-11-6-9-27(24(30)2)22-48-36-31(38)18-28(35(40-36)46-4)19-41-15-7-16-41/h5-6,8-13,18,32H,7,14-17,19-22H2,1-4H3,(H,43,44)/t32-/m0/s1. The number of aliphatic carboxylic acids is 1. The molecule has 48 heavy (non-hydrogen) atoms. The van der Waals surface area contributed by atoms with Gasteiger partial charge in [-0.15, -0.1) is 0 Å². The monoisotopic (exact) mass is 716 g/mol. The molecular formula is C37H41BrN4O6. The van der Waals surface area contributed by atoms with Crippen LogP contribution in [0.5, 0.6) is 23.5 Å². The molecule has 0 unspecified atom stereocenters. The maximum atomic E-state index is 11.4. The zero-order valence-electron chi connectivity index (χ0n) is 27.8. The van der Waals surface area contributed by atoms with E-state index in [1.165, 1.54) is 6.42 Å². The third-order valence-corrected chi connectivity index (χ3v) is 9.91. The fourth-order valence-corrected chi connectivity index (χ4v) is 6.66. The van der Waals surface area contributed by atoms with Gasteiger partial charge in [0.15, 0.2) is 0 Å². The maximum absolute atomic E-state index is 11.4. The first kappa shape index (κ1) is 33.7. The minimum absolute atomic E-state index is 0.333. The predicted octanol–water partition coefficient (Wildman–Crippen LogP) is 6.56. The molecule has 1 atom stereocenters. The molecule has 0 radical (unpaired) electrons. The second-order valence-electron chi connectivity index (χ2n) is 12.3. The molecule has 2 fully saturated rings. The molecule has 2 aliphatic rings. The van der Waals surface area contributed by atoms with Gasteiger partial charge in [-0.1, -0.05) is 36.4 Å². The molecule has 0 amide bonds. The van der Waals surface area contributed by atoms with Gasteiger partial charge in [0, 0.05) is 36.8 Å². The van der Waals surface area contributed by atoms with Crippen molar-refractivity contribution >= 4 is 21.9 Å². The Kier molecular flexibility index (Phi) is 10.5. The van der Waals surface area contributed by atoms with Gasteiger partial charge in [-0.05, 0) is 101 Å². The minimum atomic E-state index is -0.800. The Labute approximate surface area is 289 Å². The van der Waals surface area contributed by atoms with Crippen LogP contribution in [0.15, 0.2) is 59.1 Å². The number of benzene rings is 2. The fraction of sp³-hybridized carbons (Fsp3) is 0.378. The van der Waals surface area contributed by atoms with Crippen LogP contribution in [0.2, 0.25) is 0 Å². The Hall–Kier alpha value is -4.19. The first-order valence-corrected chi connectivity index (χ1v) is 16.9. The summed E-state index contributed by atoms with van der Waals surface area (Å²) in [5, 5.41) is 9.38. The lowest BCUT2D eigenvalue weighted by Gasteiger charge is -2.37. The molecule has 0 spiro atoms. The summed E-state index contributed by atoms with van der Waals surface area (Å²) in [6.45, 7) is 9.13. The number of carboxylic acids is 1. The van der Waals surface area contributed by atoms with Gasteiger partial charge in [0.25, 0.3) is 0 Å². The molecule has 252 valence electrons. The normalized spacial score (nSPS) is 16.1. The molecule has 1 N–H and O–H groups in total. The number of hydrogen-bond acceptors (Lipinski definition) is 9. The lowest BCUT2D eigenvalue weighted by atomic mass is 9.92. The molecule has 6 rings (SSSR count). The molecule has 0 aliphatic carbocycles. The van der Waals surface area contributed by atoms with E-state index in [-0.39, 0.29) is 0 Å². The van der Waals surface area contributed by atoms with Crippen molar-refractivity contribution in [2.45, 2.75) is 59.0 Å². The van der Waals surface area contributed by atoms with Crippen LogP contribution in [-0.4, -0.2) is 70.7 Å². The van der Waals surface area contributed by atoms with Crippen molar-refractivity contribution < 1.29 is 28.8 Å². The van der Waals surface area contributed by atoms with Gasteiger partial charge in [0.2, 0.25) is 23.5 Å². The summed E-state index contributed by atoms with van der Waals surface area (Å²) in [6.07, 6.45) is 1.88. The molecule has 2 aliphatic heterocycles. The number of hydrogen-bond donors (Lipinski definition) is 1. The van der Waals surface area contributed by atoms with Gasteiger partial charge < -0.3 is 24.1 Å². The van der Waals surface area contributed by atoms with E-state index in [0.29, 0.717) is 49.7 Å². The van der Waals surface area contributed by atoms with Crippen LogP contribution in [0.25, 0.3) is 11.1 Å². The molecule has 0 saturated carbocycles. The SMILES string of the molecule is COc1nc(OCc2cccc(-c3cccc(COc4nc(OC)c(CN5CCC5)cc4Br)c3C)c2C)ccc1CN1CC[C@H]1C(=O)O. The highest BCUT2D eigenvalue weighted by atomic mass is 79.9. The Morgan fingerprint density at radius 3 is 2.02 bits per heavy atom. The summed E-state index contributed by atoms with van der Waals surface area (Å²) in [5.41, 5.74) is 8.47. The van der Waals surface area contributed by atoms with E-state index in [9.17, 15) is 9.90 Å². The number of pyridine rings is 2. The number of ether oxygens (including phenoxy) is 4. The van der Waals surface area contributed by atoms with Crippen LogP contribution in [0.1, 0.15) is 46.2 Å². The lowest BCUT2D eigenvalue weighted by Crippen LogP contribution is -2.51. The Bertz CT molecular complexity index is 1800. The highest BCUT2D eigenvalue weighted by molar-refractivity contribution is 9.10. The van der Waals surface area contributed by atoms with E-state index in [1.807, 2.05) is 29.2 Å². The van der Waals surface area contributed by atoms with Gasteiger partial charge in [-0.25, -0.2) is 0 Å². The summed E-state index contributed by atoms with van der Waals surface area (Å²) in [6, 6.07) is 17.8. The quantitative estimate of drug-likeness (QED) is 0.154. The summed E-state index contributed by atoms with van der Waals surface area (Å²) < 4.78 is 24.3. The average molecular weight is 718 g/mol. The number of halogens is 1. The molecular weight excluding hydrogens is 676 g/mol. The van der Waals surface area contributed by atoms with Crippen molar-refractivity contribution in [1.29, 1.82) is 0 Å². The zero-order chi connectivity index (χ0) is 33.8. The van der Waals surface area contributed by atoms with Crippen molar-refractivity contribution in [3.05, 3.63) is 92.5 Å². The molecule has 0 bridgehead atoms. The van der Waals surface area contributed by atoms with Crippen LogP contribution in [0.3, 0.4) is 0 Å². The smallest absolute Gasteiger partial charge is 0.320 e. The third-order valence-electron chi connectivity index (χ3n) is 9.34. The summed E-state index contributed by atoms with van der Waals surface area (Å²) in [5.74, 6) is 1.17. The van der Waals surface area contributed by atoms with Crippen LogP contribution in [0.4, 0.5) is 0 Å². The van der Waals surface area contributed by atoms with Gasteiger partial charge in [-0.2, -0.15) is 9.97 Å². The fourth-order valence-electron chi connectivity index (χ4n) is 6.19. The number of methoxy groups -OCH3 is 2. The second kappa shape index (κ2) is 14.9. The van der Waals surface area contributed by atoms with Crippen molar-refractivity contribution in [3.8, 4) is 34.6 Å². The molecule has 2 aromatic carbocycles. The summed E-state index contributed by atoms with van der Waals surface area (Å²) >= 11 is 3.66. The van der Waals surface area contributed by atoms with Crippen molar-refractivity contribution in [2.24, 2.45) is 0 Å². The average Bonchev–Trinajstić information content (AvgIpc) is 3.04. The molecule has 11 heteroatoms. The Balaban J connectivity index is 1.14. The molecule has 4 heterocycles. The number of nitrogens with zero attached hydrogens (tertiary/aromatic N) is 4. The van der Waals surface area contributed by atoms with Crippen molar-refractivity contribution in [3.63, 3.8) is 0 Å². The van der Waals surface area contributed by atoms with Gasteiger partial charge in [-0.3, -0.25) is 14.6 Å². The van der Waals surface area contributed by atoms with E-state index >= 15 is 0 Å². The molecule has 10 nitrogen and oxygen atoms in total. The van der Waals surface area contributed by atoms with Gasteiger partial charge in [0.05, 0.1) is 18.7 Å². The van der Waals surface area contributed by atoms with Crippen molar-refractivity contribution in [2.75, 3.05) is 33.9 Å². The number of rotatable bonds is 14. The number of carbonyl (C=O) groups is 1.